The van der Waals surface area contributed by atoms with Crippen LogP contribution >= 0.6 is 0 Å². The molecule has 12 heavy (non-hydrogen) atoms. The van der Waals surface area contributed by atoms with Crippen LogP contribution in [0.25, 0.3) is 0 Å². The molecule has 0 aliphatic heterocycles. The third-order valence-corrected chi connectivity index (χ3v) is 1.08. The number of hydrazone groups is 1. The lowest BCUT2D eigenvalue weighted by molar-refractivity contribution is 0.171. The highest BCUT2D eigenvalue weighted by atomic mass is 16.5. The highest BCUT2D eigenvalue weighted by Gasteiger charge is 1.93. The summed E-state index contributed by atoms with van der Waals surface area (Å²) < 4.78 is 9.18. The summed E-state index contributed by atoms with van der Waals surface area (Å²) >= 11 is 0. The number of hydrogen-bond donors (Lipinski definition) is 1. The fourth-order valence-corrected chi connectivity index (χ4v) is 0.559. The van der Waals surface area contributed by atoms with E-state index in [-0.39, 0.29) is 0 Å². The van der Waals surface area contributed by atoms with Crippen LogP contribution in [0.2, 0.25) is 0 Å². The summed E-state index contributed by atoms with van der Waals surface area (Å²) in [7, 11) is 1.26. The maximum Gasteiger partial charge on any atom is 0.427 e. The zero-order valence-corrected chi connectivity index (χ0v) is 6.48. The third-order valence-electron chi connectivity index (χ3n) is 1.08. The first-order valence-electron chi connectivity index (χ1n) is 3.23. The van der Waals surface area contributed by atoms with E-state index in [2.05, 4.69) is 15.3 Å². The summed E-state index contributed by atoms with van der Waals surface area (Å²) in [6.45, 7) is 0. The van der Waals surface area contributed by atoms with Crippen molar-refractivity contribution in [3.05, 3.63) is 24.2 Å². The normalized spacial score (nSPS) is 10.1. The average molecular weight is 168 g/mol. The minimum atomic E-state index is -0.613. The molecule has 1 heterocycles. The van der Waals surface area contributed by atoms with Crippen LogP contribution < -0.4 is 5.43 Å². The van der Waals surface area contributed by atoms with Crippen molar-refractivity contribution in [3.8, 4) is 0 Å². The van der Waals surface area contributed by atoms with Crippen molar-refractivity contribution in [2.24, 2.45) is 5.10 Å². The molecule has 0 unspecified atom stereocenters. The Kier molecular flexibility index (Phi) is 2.89. The minimum absolute atomic E-state index is 0.561. The Morgan fingerprint density at radius 1 is 1.83 bits per heavy atom. The third kappa shape index (κ3) is 2.45. The number of carbonyl (C=O) groups excluding carboxylic acids is 1. The quantitative estimate of drug-likeness (QED) is 0.528. The molecule has 1 amide bonds. The molecule has 0 saturated heterocycles. The number of ether oxygens (including phenoxy) is 1. The molecule has 1 N–H and O–H groups in total. The number of hydrogen-bond acceptors (Lipinski definition) is 4. The van der Waals surface area contributed by atoms with Gasteiger partial charge in [0.1, 0.15) is 5.76 Å². The van der Waals surface area contributed by atoms with Gasteiger partial charge in [-0.05, 0) is 12.1 Å². The second-order valence-corrected chi connectivity index (χ2v) is 1.88. The molecule has 0 radical (unpaired) electrons. The summed E-state index contributed by atoms with van der Waals surface area (Å²) in [5.74, 6) is 0.561. The molecule has 0 atom stereocenters. The number of amides is 1. The second kappa shape index (κ2) is 4.17. The van der Waals surface area contributed by atoms with E-state index in [1.54, 1.807) is 12.1 Å². The van der Waals surface area contributed by atoms with E-state index >= 15 is 0 Å². The predicted molar refractivity (Wildman–Crippen MR) is 41.8 cm³/mol. The monoisotopic (exact) mass is 168 g/mol. The molecule has 0 spiro atoms. The second-order valence-electron chi connectivity index (χ2n) is 1.88. The van der Waals surface area contributed by atoms with Crippen molar-refractivity contribution in [2.75, 3.05) is 7.11 Å². The van der Waals surface area contributed by atoms with Gasteiger partial charge >= 0.3 is 6.09 Å². The molecule has 0 bridgehead atoms. The van der Waals surface area contributed by atoms with Gasteiger partial charge in [-0.2, -0.15) is 5.10 Å². The summed E-state index contributed by atoms with van der Waals surface area (Å²) in [4.78, 5) is 10.5. The van der Waals surface area contributed by atoms with Crippen LogP contribution in [0.4, 0.5) is 4.79 Å². The Labute approximate surface area is 69.0 Å². The highest BCUT2D eigenvalue weighted by molar-refractivity contribution is 5.77. The van der Waals surface area contributed by atoms with Gasteiger partial charge in [-0.15, -0.1) is 0 Å². The first kappa shape index (κ1) is 8.32. The molecule has 1 aromatic heterocycles. The standard InChI is InChI=1S/C7H8N2O3/c1-11-7(10)9-8-5-6-3-2-4-12-6/h2-5H,1H3,(H,9,10). The van der Waals surface area contributed by atoms with E-state index in [9.17, 15) is 4.79 Å². The zero-order valence-electron chi connectivity index (χ0n) is 6.48. The highest BCUT2D eigenvalue weighted by Crippen LogP contribution is 1.94. The molecule has 64 valence electrons. The van der Waals surface area contributed by atoms with E-state index in [1.165, 1.54) is 19.6 Å². The summed E-state index contributed by atoms with van der Waals surface area (Å²) in [5, 5.41) is 3.54. The number of furan rings is 1. The lowest BCUT2D eigenvalue weighted by atomic mass is 10.5. The Morgan fingerprint density at radius 3 is 3.25 bits per heavy atom. The van der Waals surface area contributed by atoms with Gasteiger partial charge in [0.15, 0.2) is 0 Å². The molecule has 5 nitrogen and oxygen atoms in total. The van der Waals surface area contributed by atoms with Crippen molar-refractivity contribution >= 4 is 12.3 Å². The first-order chi connectivity index (χ1) is 5.83. The molecule has 0 saturated carbocycles. The zero-order chi connectivity index (χ0) is 8.81. The fourth-order valence-electron chi connectivity index (χ4n) is 0.559. The van der Waals surface area contributed by atoms with Crippen LogP contribution in [-0.4, -0.2) is 19.4 Å². The number of nitrogens with zero attached hydrogens (tertiary/aromatic N) is 1. The van der Waals surface area contributed by atoms with Gasteiger partial charge in [0.25, 0.3) is 0 Å². The van der Waals surface area contributed by atoms with E-state index in [0.29, 0.717) is 5.76 Å². The Morgan fingerprint density at radius 2 is 2.67 bits per heavy atom. The van der Waals surface area contributed by atoms with Gasteiger partial charge in [-0.3, -0.25) is 0 Å². The average Bonchev–Trinajstić information content (AvgIpc) is 2.57. The van der Waals surface area contributed by atoms with E-state index in [4.69, 9.17) is 4.42 Å². The first-order valence-corrected chi connectivity index (χ1v) is 3.23. The lowest BCUT2D eigenvalue weighted by Crippen LogP contribution is -2.16. The van der Waals surface area contributed by atoms with Crippen molar-refractivity contribution in [3.63, 3.8) is 0 Å². The largest absolute Gasteiger partial charge is 0.463 e. The molecule has 1 aromatic rings. The van der Waals surface area contributed by atoms with Crippen LogP contribution in [0.3, 0.4) is 0 Å². The number of rotatable bonds is 2. The number of carbonyl (C=O) groups is 1. The van der Waals surface area contributed by atoms with E-state index in [0.717, 1.165) is 0 Å². The molecule has 0 aromatic carbocycles. The van der Waals surface area contributed by atoms with Crippen molar-refractivity contribution in [1.29, 1.82) is 0 Å². The molecule has 0 aliphatic rings. The Balaban J connectivity index is 2.37. The van der Waals surface area contributed by atoms with Crippen LogP contribution in [0.1, 0.15) is 5.76 Å². The topological polar surface area (TPSA) is 63.8 Å². The maximum absolute atomic E-state index is 10.5. The van der Waals surface area contributed by atoms with Crippen LogP contribution in [0, 0.1) is 0 Å². The van der Waals surface area contributed by atoms with E-state index in [1.807, 2.05) is 0 Å². The fraction of sp³-hybridized carbons (Fsp3) is 0.143. The smallest absolute Gasteiger partial charge is 0.427 e. The maximum atomic E-state index is 10.5. The summed E-state index contributed by atoms with van der Waals surface area (Å²) in [5.41, 5.74) is 2.12. The van der Waals surface area contributed by atoms with Crippen molar-refractivity contribution < 1.29 is 13.9 Å². The minimum Gasteiger partial charge on any atom is -0.463 e. The molecule has 5 heteroatoms. The van der Waals surface area contributed by atoms with Crippen LogP contribution in [0.15, 0.2) is 27.9 Å². The molecular formula is C7H8N2O3. The Bertz CT molecular complexity index is 266. The van der Waals surface area contributed by atoms with Gasteiger partial charge in [0.05, 0.1) is 19.6 Å². The lowest BCUT2D eigenvalue weighted by Gasteiger charge is -1.93. The van der Waals surface area contributed by atoms with Gasteiger partial charge in [0, 0.05) is 0 Å². The molecule has 0 aliphatic carbocycles. The molecular weight excluding hydrogens is 160 g/mol. The van der Waals surface area contributed by atoms with Gasteiger partial charge in [-0.1, -0.05) is 0 Å². The Hall–Kier alpha value is -1.78. The van der Waals surface area contributed by atoms with Crippen LogP contribution in [0.5, 0.6) is 0 Å². The molecule has 1 rings (SSSR count). The number of nitrogens with one attached hydrogen (secondary N) is 1. The van der Waals surface area contributed by atoms with Gasteiger partial charge < -0.3 is 9.15 Å². The summed E-state index contributed by atoms with van der Waals surface area (Å²) in [6, 6.07) is 3.43. The van der Waals surface area contributed by atoms with Crippen LogP contribution in [-0.2, 0) is 4.74 Å². The van der Waals surface area contributed by atoms with Gasteiger partial charge in [0.2, 0.25) is 0 Å². The number of methoxy groups -OCH3 is 1. The molecule has 0 fully saturated rings. The van der Waals surface area contributed by atoms with Crippen molar-refractivity contribution in [1.82, 2.24) is 5.43 Å². The SMILES string of the molecule is COC(=O)NN=Cc1ccco1. The van der Waals surface area contributed by atoms with E-state index < -0.39 is 6.09 Å². The predicted octanol–water partition coefficient (Wildman–Crippen LogP) is 0.970. The summed E-state index contributed by atoms with van der Waals surface area (Å²) in [6.07, 6.45) is 2.27. The van der Waals surface area contributed by atoms with Gasteiger partial charge in [-0.25, -0.2) is 10.2 Å². The van der Waals surface area contributed by atoms with Crippen molar-refractivity contribution in [2.45, 2.75) is 0 Å².